The van der Waals surface area contributed by atoms with Crippen LogP contribution in [-0.2, 0) is 0 Å². The predicted octanol–water partition coefficient (Wildman–Crippen LogP) is 3.12. The fourth-order valence-corrected chi connectivity index (χ4v) is 2.26. The second-order valence-electron chi connectivity index (χ2n) is 4.78. The minimum absolute atomic E-state index is 0.0475. The highest BCUT2D eigenvalue weighted by Gasteiger charge is 2.17. The van der Waals surface area contributed by atoms with Gasteiger partial charge in [0.15, 0.2) is 0 Å². The molecule has 0 saturated carbocycles. The Labute approximate surface area is 128 Å². The van der Waals surface area contributed by atoms with E-state index in [1.54, 1.807) is 0 Å². The van der Waals surface area contributed by atoms with Crippen molar-refractivity contribution < 1.29 is 4.52 Å². The molecule has 0 amide bonds. The zero-order chi connectivity index (χ0) is 15.4. The summed E-state index contributed by atoms with van der Waals surface area (Å²) in [5.74, 6) is 1.66. The van der Waals surface area contributed by atoms with E-state index >= 15 is 0 Å². The van der Waals surface area contributed by atoms with Crippen molar-refractivity contribution >= 4 is 23.5 Å². The summed E-state index contributed by atoms with van der Waals surface area (Å²) in [5, 5.41) is 10.4. The number of nitrogens with zero attached hydrogens (tertiary/aromatic N) is 4. The number of hydrogen-bond donors (Lipinski definition) is 2. The lowest BCUT2D eigenvalue weighted by Crippen LogP contribution is -2.13. The van der Waals surface area contributed by atoms with Gasteiger partial charge < -0.3 is 15.2 Å². The summed E-state index contributed by atoms with van der Waals surface area (Å²) in [6.45, 7) is 8.61. The van der Waals surface area contributed by atoms with Gasteiger partial charge in [0.2, 0.25) is 17.2 Å². The molecule has 1 atom stereocenters. The van der Waals surface area contributed by atoms with Gasteiger partial charge in [-0.2, -0.15) is 15.0 Å². The first-order valence-corrected chi connectivity index (χ1v) is 7.23. The summed E-state index contributed by atoms with van der Waals surface area (Å²) in [6.07, 6.45) is 0.974. The van der Waals surface area contributed by atoms with Gasteiger partial charge in [-0.3, -0.25) is 0 Å². The van der Waals surface area contributed by atoms with Crippen LogP contribution < -0.4 is 10.6 Å². The van der Waals surface area contributed by atoms with Crippen molar-refractivity contribution in [3.8, 4) is 0 Å². The zero-order valence-corrected chi connectivity index (χ0v) is 13.3. The molecule has 0 bridgehead atoms. The van der Waals surface area contributed by atoms with Crippen molar-refractivity contribution in [2.45, 2.75) is 40.2 Å². The van der Waals surface area contributed by atoms with E-state index in [1.807, 2.05) is 20.8 Å². The van der Waals surface area contributed by atoms with Crippen LogP contribution in [0.5, 0.6) is 0 Å². The summed E-state index contributed by atoms with van der Waals surface area (Å²) in [4.78, 5) is 12.4. The zero-order valence-electron chi connectivity index (χ0n) is 12.6. The van der Waals surface area contributed by atoms with Crippen LogP contribution in [0.25, 0.3) is 0 Å². The van der Waals surface area contributed by atoms with Crippen LogP contribution in [0.2, 0.25) is 5.28 Å². The van der Waals surface area contributed by atoms with Gasteiger partial charge in [0.05, 0.1) is 11.7 Å². The molecule has 0 aliphatic carbocycles. The van der Waals surface area contributed by atoms with E-state index in [9.17, 15) is 0 Å². The van der Waals surface area contributed by atoms with Crippen molar-refractivity contribution in [2.24, 2.45) is 0 Å². The Bertz CT molecular complexity index is 595. The van der Waals surface area contributed by atoms with Gasteiger partial charge in [0.1, 0.15) is 5.76 Å². The minimum Gasteiger partial charge on any atom is -0.361 e. The molecule has 2 N–H and O–H groups in total. The molecule has 2 aromatic rings. The van der Waals surface area contributed by atoms with Gasteiger partial charge in [-0.25, -0.2) is 0 Å². The van der Waals surface area contributed by atoms with Crippen LogP contribution in [0, 0.1) is 13.8 Å². The van der Waals surface area contributed by atoms with Crippen LogP contribution in [0.15, 0.2) is 4.52 Å². The van der Waals surface area contributed by atoms with Gasteiger partial charge in [0, 0.05) is 12.1 Å². The quantitative estimate of drug-likeness (QED) is 0.847. The molecule has 0 aliphatic rings. The van der Waals surface area contributed by atoms with E-state index in [1.165, 1.54) is 0 Å². The minimum atomic E-state index is -0.0475. The summed E-state index contributed by atoms with van der Waals surface area (Å²) < 4.78 is 5.17. The van der Waals surface area contributed by atoms with Crippen LogP contribution in [0.1, 0.15) is 43.3 Å². The van der Waals surface area contributed by atoms with E-state index in [0.29, 0.717) is 11.9 Å². The first-order valence-electron chi connectivity index (χ1n) is 6.86. The molecule has 114 valence electrons. The van der Waals surface area contributed by atoms with Crippen molar-refractivity contribution in [3.05, 3.63) is 22.3 Å². The Kier molecular flexibility index (Phi) is 4.95. The van der Waals surface area contributed by atoms with Gasteiger partial charge >= 0.3 is 0 Å². The Morgan fingerprint density at radius 2 is 1.90 bits per heavy atom. The third-order valence-electron chi connectivity index (χ3n) is 3.01. The molecule has 1 unspecified atom stereocenters. The molecular formula is C13H19ClN6O. The monoisotopic (exact) mass is 310 g/mol. The maximum Gasteiger partial charge on any atom is 0.229 e. The van der Waals surface area contributed by atoms with Crippen molar-refractivity contribution in [2.75, 3.05) is 17.2 Å². The molecule has 21 heavy (non-hydrogen) atoms. The van der Waals surface area contributed by atoms with Crippen LogP contribution in [0.3, 0.4) is 0 Å². The van der Waals surface area contributed by atoms with Gasteiger partial charge in [-0.05, 0) is 38.8 Å². The number of aromatic nitrogens is 4. The number of rotatable bonds is 6. The first kappa shape index (κ1) is 15.5. The van der Waals surface area contributed by atoms with E-state index in [-0.39, 0.29) is 11.3 Å². The van der Waals surface area contributed by atoms with Gasteiger partial charge in [-0.1, -0.05) is 12.1 Å². The normalized spacial score (nSPS) is 12.2. The molecule has 0 radical (unpaired) electrons. The lowest BCUT2D eigenvalue weighted by molar-refractivity contribution is 0.392. The van der Waals surface area contributed by atoms with Gasteiger partial charge in [0.25, 0.3) is 0 Å². The Morgan fingerprint density at radius 1 is 1.19 bits per heavy atom. The number of hydrogen-bond acceptors (Lipinski definition) is 7. The van der Waals surface area contributed by atoms with E-state index in [0.717, 1.165) is 30.0 Å². The molecule has 2 aromatic heterocycles. The number of halogens is 1. The maximum absolute atomic E-state index is 5.93. The molecule has 0 aromatic carbocycles. The number of nitrogens with one attached hydrogen (secondary N) is 2. The van der Waals surface area contributed by atoms with Crippen LogP contribution >= 0.6 is 11.6 Å². The second kappa shape index (κ2) is 6.71. The summed E-state index contributed by atoms with van der Waals surface area (Å²) in [7, 11) is 0. The number of anilines is 2. The van der Waals surface area contributed by atoms with Crippen molar-refractivity contribution in [1.29, 1.82) is 0 Å². The molecule has 8 heteroatoms. The molecule has 2 rings (SSSR count). The molecule has 0 saturated heterocycles. The van der Waals surface area contributed by atoms with Crippen molar-refractivity contribution in [1.82, 2.24) is 20.1 Å². The summed E-state index contributed by atoms with van der Waals surface area (Å²) in [6, 6.07) is -0.0475. The Morgan fingerprint density at radius 3 is 2.52 bits per heavy atom. The van der Waals surface area contributed by atoms with Gasteiger partial charge in [-0.15, -0.1) is 0 Å². The molecule has 7 nitrogen and oxygen atoms in total. The number of aryl methyl sites for hydroxylation is 2. The highest BCUT2D eigenvalue weighted by atomic mass is 35.5. The maximum atomic E-state index is 5.93. The predicted molar refractivity (Wildman–Crippen MR) is 81.6 cm³/mol. The molecular weight excluding hydrogens is 292 g/mol. The van der Waals surface area contributed by atoms with E-state index in [2.05, 4.69) is 37.7 Å². The Hall–Kier alpha value is -1.89. The molecule has 2 heterocycles. The van der Waals surface area contributed by atoms with Crippen LogP contribution in [0.4, 0.5) is 11.9 Å². The first-order chi connectivity index (χ1) is 10.0. The highest BCUT2D eigenvalue weighted by molar-refractivity contribution is 6.28. The largest absolute Gasteiger partial charge is 0.361 e. The average Bonchev–Trinajstić information content (AvgIpc) is 2.75. The third-order valence-corrected chi connectivity index (χ3v) is 3.18. The molecule has 0 fully saturated rings. The fourth-order valence-electron chi connectivity index (χ4n) is 2.10. The summed E-state index contributed by atoms with van der Waals surface area (Å²) in [5.41, 5.74) is 1.84. The lowest BCUT2D eigenvalue weighted by Gasteiger charge is -2.14. The highest BCUT2D eigenvalue weighted by Crippen LogP contribution is 2.24. The second-order valence-corrected chi connectivity index (χ2v) is 5.12. The van der Waals surface area contributed by atoms with Crippen molar-refractivity contribution in [3.63, 3.8) is 0 Å². The third kappa shape index (κ3) is 3.81. The Balaban J connectivity index is 2.17. The molecule has 0 spiro atoms. The van der Waals surface area contributed by atoms with Crippen LogP contribution in [-0.4, -0.2) is 26.7 Å². The standard InChI is InChI=1S/C13H19ClN6O/c1-5-6-15-12-17-11(14)18-13(19-12)16-7(2)10-8(3)20-21-9(10)4/h7H,5-6H2,1-4H3,(H2,15,16,17,18,19). The molecule has 0 aliphatic heterocycles. The summed E-state index contributed by atoms with van der Waals surface area (Å²) >= 11 is 5.93. The van der Waals surface area contributed by atoms with E-state index < -0.39 is 0 Å². The average molecular weight is 311 g/mol. The lowest BCUT2D eigenvalue weighted by atomic mass is 10.1. The smallest absolute Gasteiger partial charge is 0.229 e. The van der Waals surface area contributed by atoms with E-state index in [4.69, 9.17) is 16.1 Å². The fraction of sp³-hybridized carbons (Fsp3) is 0.538. The topological polar surface area (TPSA) is 88.8 Å². The SMILES string of the molecule is CCCNc1nc(Cl)nc(NC(C)c2c(C)noc2C)n1.